The van der Waals surface area contributed by atoms with Gasteiger partial charge in [-0.1, -0.05) is 6.07 Å². The minimum absolute atomic E-state index is 0.515. The van der Waals surface area contributed by atoms with Crippen LogP contribution in [0.3, 0.4) is 0 Å². The second kappa shape index (κ2) is 5.61. The Morgan fingerprint density at radius 2 is 2.47 bits per heavy atom. The van der Waals surface area contributed by atoms with Crippen LogP contribution in [-0.2, 0) is 11.3 Å². The van der Waals surface area contributed by atoms with E-state index in [0.717, 1.165) is 26.3 Å². The van der Waals surface area contributed by atoms with E-state index in [0.29, 0.717) is 12.0 Å². The summed E-state index contributed by atoms with van der Waals surface area (Å²) in [5.41, 5.74) is 0. The molecule has 4 heteroatoms. The molecule has 1 aromatic heterocycles. The van der Waals surface area contributed by atoms with Gasteiger partial charge in [-0.2, -0.15) is 0 Å². The Balaban J connectivity index is 1.69. The van der Waals surface area contributed by atoms with Gasteiger partial charge in [0.1, 0.15) is 0 Å². The van der Waals surface area contributed by atoms with Crippen molar-refractivity contribution >= 4 is 11.3 Å². The zero-order chi connectivity index (χ0) is 10.5. The smallest absolute Gasteiger partial charge is 0.0623 e. The van der Waals surface area contributed by atoms with Crippen LogP contribution in [0.4, 0.5) is 0 Å². The van der Waals surface area contributed by atoms with Crippen molar-refractivity contribution in [1.82, 2.24) is 10.6 Å². The average molecular weight is 226 g/mol. The van der Waals surface area contributed by atoms with Crippen LogP contribution in [0.2, 0.25) is 0 Å². The predicted octanol–water partition coefficient (Wildman–Crippen LogP) is 1.07. The summed E-state index contributed by atoms with van der Waals surface area (Å²) in [5.74, 6) is 0.606. The van der Waals surface area contributed by atoms with Crippen molar-refractivity contribution in [2.75, 3.05) is 26.8 Å². The van der Waals surface area contributed by atoms with Crippen LogP contribution in [0.5, 0.6) is 0 Å². The molecule has 0 aromatic carbocycles. The Labute approximate surface area is 94.8 Å². The number of hydrogen-bond acceptors (Lipinski definition) is 4. The number of rotatable bonds is 5. The van der Waals surface area contributed by atoms with Gasteiger partial charge in [-0.25, -0.2) is 0 Å². The maximum absolute atomic E-state index is 5.45. The van der Waals surface area contributed by atoms with Gasteiger partial charge >= 0.3 is 0 Å². The van der Waals surface area contributed by atoms with E-state index in [4.69, 9.17) is 4.74 Å². The van der Waals surface area contributed by atoms with Crippen molar-refractivity contribution in [3.8, 4) is 0 Å². The summed E-state index contributed by atoms with van der Waals surface area (Å²) in [4.78, 5) is 1.40. The summed E-state index contributed by atoms with van der Waals surface area (Å²) in [6.07, 6.45) is 0. The molecule has 0 bridgehead atoms. The maximum atomic E-state index is 5.45. The quantitative estimate of drug-likeness (QED) is 0.788. The highest BCUT2D eigenvalue weighted by Gasteiger charge is 2.25. The molecule has 0 aliphatic carbocycles. The molecule has 2 N–H and O–H groups in total. The third-order valence-corrected chi connectivity index (χ3v) is 3.73. The van der Waals surface area contributed by atoms with Crippen LogP contribution in [0, 0.1) is 5.92 Å². The highest BCUT2D eigenvalue weighted by atomic mass is 32.1. The summed E-state index contributed by atoms with van der Waals surface area (Å²) >= 11 is 1.80. The molecule has 1 aliphatic rings. The van der Waals surface area contributed by atoms with Crippen molar-refractivity contribution in [2.45, 2.75) is 12.6 Å². The molecule has 1 saturated heterocycles. The molecule has 2 rings (SSSR count). The molecule has 0 amide bonds. The fourth-order valence-corrected chi connectivity index (χ4v) is 2.59. The van der Waals surface area contributed by atoms with E-state index in [-0.39, 0.29) is 0 Å². The van der Waals surface area contributed by atoms with Gasteiger partial charge in [-0.15, -0.1) is 11.3 Å². The monoisotopic (exact) mass is 226 g/mol. The van der Waals surface area contributed by atoms with Gasteiger partial charge in [0.25, 0.3) is 0 Å². The van der Waals surface area contributed by atoms with Gasteiger partial charge in [0.2, 0.25) is 0 Å². The van der Waals surface area contributed by atoms with Crippen molar-refractivity contribution in [2.24, 2.45) is 5.92 Å². The fraction of sp³-hybridized carbons (Fsp3) is 0.636. The molecule has 15 heavy (non-hydrogen) atoms. The first kappa shape index (κ1) is 11.1. The summed E-state index contributed by atoms with van der Waals surface area (Å²) in [5, 5.41) is 8.90. The zero-order valence-electron chi connectivity index (χ0n) is 9.03. The predicted molar refractivity (Wildman–Crippen MR) is 63.2 cm³/mol. The van der Waals surface area contributed by atoms with E-state index in [9.17, 15) is 0 Å². The van der Waals surface area contributed by atoms with Crippen LogP contribution in [0.25, 0.3) is 0 Å². The minimum atomic E-state index is 0.515. The van der Waals surface area contributed by atoms with Crippen molar-refractivity contribution in [3.05, 3.63) is 22.4 Å². The van der Waals surface area contributed by atoms with E-state index in [1.54, 1.807) is 11.3 Å². The van der Waals surface area contributed by atoms with Crippen LogP contribution in [0.1, 0.15) is 4.88 Å². The van der Waals surface area contributed by atoms with Crippen LogP contribution in [-0.4, -0.2) is 32.8 Å². The molecule has 1 aliphatic heterocycles. The first-order valence-electron chi connectivity index (χ1n) is 5.38. The first-order valence-corrected chi connectivity index (χ1v) is 6.26. The standard InChI is InChI=1S/C11H18N2OS/c1-12-11-8-14-7-9(11)5-13-6-10-3-2-4-15-10/h2-4,9,11-13H,5-8H2,1H3. The van der Waals surface area contributed by atoms with Crippen LogP contribution < -0.4 is 10.6 Å². The van der Waals surface area contributed by atoms with Crippen molar-refractivity contribution in [1.29, 1.82) is 0 Å². The summed E-state index contributed by atoms with van der Waals surface area (Å²) in [7, 11) is 2.01. The summed E-state index contributed by atoms with van der Waals surface area (Å²) in [6, 6.07) is 4.77. The Morgan fingerprint density at radius 3 is 3.20 bits per heavy atom. The van der Waals surface area contributed by atoms with Gasteiger partial charge in [-0.3, -0.25) is 0 Å². The highest BCUT2D eigenvalue weighted by molar-refractivity contribution is 7.09. The molecule has 0 saturated carbocycles. The van der Waals surface area contributed by atoms with Crippen molar-refractivity contribution < 1.29 is 4.74 Å². The number of hydrogen-bond donors (Lipinski definition) is 2. The van der Waals surface area contributed by atoms with Gasteiger partial charge in [0.05, 0.1) is 13.2 Å². The summed E-state index contributed by atoms with van der Waals surface area (Å²) < 4.78 is 5.45. The fourth-order valence-electron chi connectivity index (χ4n) is 1.91. The van der Waals surface area contributed by atoms with Crippen molar-refractivity contribution in [3.63, 3.8) is 0 Å². The highest BCUT2D eigenvalue weighted by Crippen LogP contribution is 2.13. The van der Waals surface area contributed by atoms with Gasteiger partial charge in [0.15, 0.2) is 0 Å². The SMILES string of the molecule is CNC1COCC1CNCc1cccs1. The van der Waals surface area contributed by atoms with Crippen LogP contribution >= 0.6 is 11.3 Å². The number of nitrogens with one attached hydrogen (secondary N) is 2. The average Bonchev–Trinajstić information content (AvgIpc) is 2.88. The Hall–Kier alpha value is -0.420. The molecule has 1 fully saturated rings. The largest absolute Gasteiger partial charge is 0.379 e. The van der Waals surface area contributed by atoms with E-state index < -0.39 is 0 Å². The van der Waals surface area contributed by atoms with Crippen LogP contribution in [0.15, 0.2) is 17.5 Å². The third-order valence-electron chi connectivity index (χ3n) is 2.86. The topological polar surface area (TPSA) is 33.3 Å². The molecule has 1 aromatic rings. The molecule has 0 spiro atoms. The normalized spacial score (nSPS) is 25.9. The third kappa shape index (κ3) is 3.01. The molecule has 0 radical (unpaired) electrons. The zero-order valence-corrected chi connectivity index (χ0v) is 9.85. The number of ether oxygens (including phenoxy) is 1. The minimum Gasteiger partial charge on any atom is -0.379 e. The molecule has 2 heterocycles. The first-order chi connectivity index (χ1) is 7.40. The second-order valence-corrected chi connectivity index (χ2v) is 4.94. The Morgan fingerprint density at radius 1 is 1.53 bits per heavy atom. The molecule has 2 unspecified atom stereocenters. The number of thiophene rings is 1. The molecular formula is C11H18N2OS. The lowest BCUT2D eigenvalue weighted by Gasteiger charge is -2.16. The van der Waals surface area contributed by atoms with E-state index in [1.807, 2.05) is 7.05 Å². The van der Waals surface area contributed by atoms with Gasteiger partial charge in [-0.05, 0) is 18.5 Å². The lowest BCUT2D eigenvalue weighted by Crippen LogP contribution is -2.38. The molecule has 2 atom stereocenters. The summed E-state index contributed by atoms with van der Waals surface area (Å²) in [6.45, 7) is 3.73. The van der Waals surface area contributed by atoms with E-state index in [2.05, 4.69) is 28.1 Å². The molecule has 84 valence electrons. The Bertz CT molecular complexity index is 276. The van der Waals surface area contributed by atoms with Gasteiger partial charge in [0, 0.05) is 29.9 Å². The number of likely N-dealkylation sites (N-methyl/N-ethyl adjacent to an activating group) is 1. The van der Waals surface area contributed by atoms with E-state index >= 15 is 0 Å². The maximum Gasteiger partial charge on any atom is 0.0623 e. The second-order valence-electron chi connectivity index (χ2n) is 3.90. The van der Waals surface area contributed by atoms with E-state index in [1.165, 1.54) is 4.88 Å². The van der Waals surface area contributed by atoms with Gasteiger partial charge < -0.3 is 15.4 Å². The lowest BCUT2D eigenvalue weighted by molar-refractivity contribution is 0.182. The Kier molecular flexibility index (Phi) is 4.14. The molecule has 3 nitrogen and oxygen atoms in total. The molecular weight excluding hydrogens is 208 g/mol. The lowest BCUT2D eigenvalue weighted by atomic mass is 10.0.